The molecule has 28 heavy (non-hydrogen) atoms. The van der Waals surface area contributed by atoms with Gasteiger partial charge in [0.1, 0.15) is 6.04 Å². The molecule has 3 aromatic rings. The average molecular weight is 390 g/mol. The molecule has 0 saturated carbocycles. The summed E-state index contributed by atoms with van der Waals surface area (Å²) >= 11 is 1.29. The Morgan fingerprint density at radius 2 is 1.86 bits per heavy atom. The van der Waals surface area contributed by atoms with Crippen molar-refractivity contribution in [2.45, 2.75) is 19.4 Å². The van der Waals surface area contributed by atoms with Gasteiger partial charge in [-0.15, -0.1) is 11.3 Å². The molecule has 1 atom stereocenters. The monoisotopic (exact) mass is 390 g/mol. The molecule has 0 saturated heterocycles. The zero-order chi connectivity index (χ0) is 20.1. The van der Waals surface area contributed by atoms with Crippen LogP contribution in [-0.4, -0.2) is 23.0 Å². The topological polar surface area (TPSA) is 90.2 Å². The lowest BCUT2D eigenvalue weighted by Crippen LogP contribution is -2.42. The van der Waals surface area contributed by atoms with Crippen molar-refractivity contribution in [2.24, 2.45) is 0 Å². The van der Waals surface area contributed by atoms with Crippen molar-refractivity contribution in [1.29, 1.82) is 5.26 Å². The Bertz CT molecular complexity index is 1050. The summed E-state index contributed by atoms with van der Waals surface area (Å²) in [7, 11) is 0. The van der Waals surface area contributed by atoms with Crippen LogP contribution in [0.25, 0.3) is 11.1 Å². The zero-order valence-electron chi connectivity index (χ0n) is 15.2. The molecule has 0 spiro atoms. The molecule has 6 heteroatoms. The SMILES string of the molecule is Cc1ccsc1C(=O)NC(Cc1ccc(-c2ccccc2C#N)cc1)C(=O)O. The fourth-order valence-corrected chi connectivity index (χ4v) is 3.75. The molecule has 0 fully saturated rings. The Labute approximate surface area is 166 Å². The highest BCUT2D eigenvalue weighted by Crippen LogP contribution is 2.24. The number of rotatable bonds is 6. The standard InChI is InChI=1S/C22H18N2O3S/c1-14-10-11-28-20(14)21(25)24-19(22(26)27)12-15-6-8-16(9-7-15)18-5-3-2-4-17(18)13-23/h2-11,19H,12H2,1H3,(H,24,25)(H,26,27). The number of carboxylic acid groups (broad SMARTS) is 1. The van der Waals surface area contributed by atoms with Crippen molar-refractivity contribution in [3.8, 4) is 17.2 Å². The first-order chi connectivity index (χ1) is 13.5. The van der Waals surface area contributed by atoms with E-state index >= 15 is 0 Å². The van der Waals surface area contributed by atoms with Gasteiger partial charge >= 0.3 is 5.97 Å². The molecule has 1 heterocycles. The Hall–Kier alpha value is -3.43. The van der Waals surface area contributed by atoms with E-state index < -0.39 is 12.0 Å². The lowest BCUT2D eigenvalue weighted by atomic mass is 9.97. The van der Waals surface area contributed by atoms with E-state index in [1.54, 1.807) is 11.4 Å². The quantitative estimate of drug-likeness (QED) is 0.665. The number of amides is 1. The van der Waals surface area contributed by atoms with E-state index in [2.05, 4.69) is 11.4 Å². The van der Waals surface area contributed by atoms with Crippen LogP contribution in [0.4, 0.5) is 0 Å². The molecule has 0 aliphatic carbocycles. The van der Waals surface area contributed by atoms with Gasteiger partial charge < -0.3 is 10.4 Å². The van der Waals surface area contributed by atoms with Gasteiger partial charge in [-0.05, 0) is 46.7 Å². The third-order valence-corrected chi connectivity index (χ3v) is 5.44. The maximum Gasteiger partial charge on any atom is 0.326 e. The molecular formula is C22H18N2O3S. The summed E-state index contributed by atoms with van der Waals surface area (Å²) in [6.45, 7) is 1.82. The van der Waals surface area contributed by atoms with Crippen LogP contribution in [0.15, 0.2) is 60.0 Å². The maximum atomic E-state index is 12.3. The van der Waals surface area contributed by atoms with Gasteiger partial charge in [0.15, 0.2) is 0 Å². The summed E-state index contributed by atoms with van der Waals surface area (Å²) in [5.74, 6) is -1.46. The molecule has 1 aromatic heterocycles. The van der Waals surface area contributed by atoms with Gasteiger partial charge in [-0.25, -0.2) is 4.79 Å². The van der Waals surface area contributed by atoms with Gasteiger partial charge in [-0.1, -0.05) is 42.5 Å². The number of thiophene rings is 1. The molecule has 0 bridgehead atoms. The Balaban J connectivity index is 1.75. The van der Waals surface area contributed by atoms with Crippen LogP contribution in [0.5, 0.6) is 0 Å². The molecule has 1 amide bonds. The number of aliphatic carboxylic acids is 1. The molecule has 5 nitrogen and oxygen atoms in total. The van der Waals surface area contributed by atoms with Crippen molar-refractivity contribution < 1.29 is 14.7 Å². The third kappa shape index (κ3) is 4.27. The van der Waals surface area contributed by atoms with Crippen molar-refractivity contribution in [3.63, 3.8) is 0 Å². The molecular weight excluding hydrogens is 372 g/mol. The Kier molecular flexibility index (Phi) is 5.87. The van der Waals surface area contributed by atoms with Gasteiger partial charge in [-0.2, -0.15) is 5.26 Å². The highest BCUT2D eigenvalue weighted by atomic mass is 32.1. The summed E-state index contributed by atoms with van der Waals surface area (Å²) in [6.07, 6.45) is 0.172. The first-order valence-electron chi connectivity index (χ1n) is 8.66. The van der Waals surface area contributed by atoms with Crippen LogP contribution < -0.4 is 5.32 Å². The molecule has 0 aliphatic heterocycles. The first kappa shape index (κ1) is 19.3. The van der Waals surface area contributed by atoms with Gasteiger partial charge in [0.25, 0.3) is 5.91 Å². The number of benzene rings is 2. The number of aryl methyl sites for hydroxylation is 1. The highest BCUT2D eigenvalue weighted by Gasteiger charge is 2.22. The minimum absolute atomic E-state index is 0.172. The minimum Gasteiger partial charge on any atom is -0.480 e. The van der Waals surface area contributed by atoms with Crippen molar-refractivity contribution in [1.82, 2.24) is 5.32 Å². The van der Waals surface area contributed by atoms with Crippen LogP contribution in [0.2, 0.25) is 0 Å². The summed E-state index contributed by atoms with van der Waals surface area (Å²) in [5, 5.41) is 23.2. The number of nitriles is 1. The second kappa shape index (κ2) is 8.51. The highest BCUT2D eigenvalue weighted by molar-refractivity contribution is 7.12. The average Bonchev–Trinajstić information content (AvgIpc) is 3.14. The van der Waals surface area contributed by atoms with E-state index in [0.29, 0.717) is 10.4 Å². The molecule has 1 unspecified atom stereocenters. The van der Waals surface area contributed by atoms with Crippen LogP contribution in [0, 0.1) is 18.3 Å². The molecule has 140 valence electrons. The van der Waals surface area contributed by atoms with Crippen LogP contribution in [0.1, 0.15) is 26.4 Å². The number of nitrogens with zero attached hydrogens (tertiary/aromatic N) is 1. The molecule has 2 aromatic carbocycles. The second-order valence-electron chi connectivity index (χ2n) is 6.36. The van der Waals surface area contributed by atoms with E-state index in [4.69, 9.17) is 0 Å². The smallest absolute Gasteiger partial charge is 0.326 e. The third-order valence-electron chi connectivity index (χ3n) is 4.42. The van der Waals surface area contributed by atoms with Gasteiger partial charge in [0.2, 0.25) is 0 Å². The van der Waals surface area contributed by atoms with Crippen LogP contribution in [-0.2, 0) is 11.2 Å². The molecule has 2 N–H and O–H groups in total. The molecule has 0 radical (unpaired) electrons. The van der Waals surface area contributed by atoms with E-state index in [-0.39, 0.29) is 12.3 Å². The zero-order valence-corrected chi connectivity index (χ0v) is 16.0. The number of hydrogen-bond acceptors (Lipinski definition) is 4. The van der Waals surface area contributed by atoms with Crippen LogP contribution in [0.3, 0.4) is 0 Å². The molecule has 3 rings (SSSR count). The molecule has 0 aliphatic rings. The lowest BCUT2D eigenvalue weighted by Gasteiger charge is -2.15. The van der Waals surface area contributed by atoms with Crippen molar-refractivity contribution in [2.75, 3.05) is 0 Å². The van der Waals surface area contributed by atoms with Crippen molar-refractivity contribution in [3.05, 3.63) is 81.5 Å². The lowest BCUT2D eigenvalue weighted by molar-refractivity contribution is -0.139. The second-order valence-corrected chi connectivity index (χ2v) is 7.27. The van der Waals surface area contributed by atoms with Gasteiger partial charge in [-0.3, -0.25) is 4.79 Å². The van der Waals surface area contributed by atoms with E-state index in [9.17, 15) is 20.0 Å². The van der Waals surface area contributed by atoms with E-state index in [0.717, 1.165) is 22.3 Å². The number of nitrogens with one attached hydrogen (secondary N) is 1. The minimum atomic E-state index is -1.08. The fraction of sp³-hybridized carbons (Fsp3) is 0.136. The van der Waals surface area contributed by atoms with Gasteiger partial charge in [0, 0.05) is 6.42 Å². The van der Waals surface area contributed by atoms with Crippen LogP contribution >= 0.6 is 11.3 Å². The fourth-order valence-electron chi connectivity index (χ4n) is 2.92. The van der Waals surface area contributed by atoms with Gasteiger partial charge in [0.05, 0.1) is 16.5 Å². The first-order valence-corrected chi connectivity index (χ1v) is 9.53. The maximum absolute atomic E-state index is 12.3. The predicted octanol–water partition coefficient (Wildman–Crippen LogP) is 4.02. The normalized spacial score (nSPS) is 11.4. The Morgan fingerprint density at radius 1 is 1.14 bits per heavy atom. The summed E-state index contributed by atoms with van der Waals surface area (Å²) < 4.78 is 0. The number of carbonyl (C=O) groups is 2. The summed E-state index contributed by atoms with van der Waals surface area (Å²) in [6, 6.07) is 17.6. The number of carboxylic acids is 1. The largest absolute Gasteiger partial charge is 0.480 e. The Morgan fingerprint density at radius 3 is 2.46 bits per heavy atom. The number of carbonyl (C=O) groups excluding carboxylic acids is 1. The van der Waals surface area contributed by atoms with E-state index in [1.165, 1.54) is 11.3 Å². The van der Waals surface area contributed by atoms with Crippen molar-refractivity contribution >= 4 is 23.2 Å². The summed E-state index contributed by atoms with van der Waals surface area (Å²) in [4.78, 5) is 24.5. The number of hydrogen-bond donors (Lipinski definition) is 2. The van der Waals surface area contributed by atoms with E-state index in [1.807, 2.05) is 55.5 Å². The summed E-state index contributed by atoms with van der Waals surface area (Å²) in [5.41, 5.74) is 3.90. The predicted molar refractivity (Wildman–Crippen MR) is 108 cm³/mol.